The van der Waals surface area contributed by atoms with Gasteiger partial charge < -0.3 is 10.2 Å². The van der Waals surface area contributed by atoms with E-state index in [-0.39, 0.29) is 11.5 Å². The molecular weight excluding hydrogens is 400 g/mol. The zero-order chi connectivity index (χ0) is 21.1. The van der Waals surface area contributed by atoms with Crippen molar-refractivity contribution in [2.45, 2.75) is 32.7 Å². The van der Waals surface area contributed by atoms with Crippen molar-refractivity contribution in [3.05, 3.63) is 52.4 Å². The van der Waals surface area contributed by atoms with Crippen molar-refractivity contribution < 1.29 is 4.79 Å². The smallest absolute Gasteiger partial charge is 0.267 e. The van der Waals surface area contributed by atoms with E-state index in [4.69, 9.17) is 0 Å². The van der Waals surface area contributed by atoms with E-state index in [1.54, 1.807) is 19.1 Å². The van der Waals surface area contributed by atoms with Gasteiger partial charge in [0.2, 0.25) is 5.91 Å². The molecule has 8 nitrogen and oxygen atoms in total. The number of hydrogen-bond acceptors (Lipinski definition) is 7. The molecule has 1 N–H and O–H groups in total. The monoisotopic (exact) mass is 424 g/mol. The van der Waals surface area contributed by atoms with E-state index in [1.165, 1.54) is 28.4 Å². The van der Waals surface area contributed by atoms with E-state index < -0.39 is 6.04 Å². The molecule has 1 atom stereocenters. The van der Waals surface area contributed by atoms with Gasteiger partial charge in [0.1, 0.15) is 29.7 Å². The van der Waals surface area contributed by atoms with E-state index in [1.807, 2.05) is 17.5 Å². The van der Waals surface area contributed by atoms with Gasteiger partial charge in [0.05, 0.1) is 4.88 Å². The second-order valence-corrected chi connectivity index (χ2v) is 8.52. The van der Waals surface area contributed by atoms with Crippen LogP contribution in [0.25, 0.3) is 10.6 Å². The third kappa shape index (κ3) is 4.40. The van der Waals surface area contributed by atoms with E-state index in [0.717, 1.165) is 42.5 Å². The minimum absolute atomic E-state index is 0.330. The van der Waals surface area contributed by atoms with Crippen molar-refractivity contribution in [1.82, 2.24) is 19.7 Å². The molecule has 0 aliphatic carbocycles. The highest BCUT2D eigenvalue weighted by Crippen LogP contribution is 2.23. The molecule has 1 aliphatic heterocycles. The minimum atomic E-state index is -0.785. The molecule has 1 unspecified atom stereocenters. The molecule has 4 heterocycles. The number of carbonyl (C=O) groups is 1. The van der Waals surface area contributed by atoms with Crippen molar-refractivity contribution in [3.8, 4) is 10.6 Å². The first kappa shape index (κ1) is 20.2. The highest BCUT2D eigenvalue weighted by molar-refractivity contribution is 7.13. The number of nitrogens with one attached hydrogen (secondary N) is 1. The second kappa shape index (κ2) is 8.74. The SMILES string of the molecule is CC1CCN(c2cc(NC(=O)C(C)n3nc(-c4cccs4)ccc3=O)ncn2)CC1. The van der Waals surface area contributed by atoms with Gasteiger partial charge in [-0.25, -0.2) is 14.6 Å². The third-order valence-electron chi connectivity index (χ3n) is 5.36. The Morgan fingerprint density at radius 1 is 1.23 bits per heavy atom. The van der Waals surface area contributed by atoms with E-state index in [0.29, 0.717) is 11.5 Å². The molecule has 4 rings (SSSR count). The fraction of sp³-hybridized carbons (Fsp3) is 0.381. The molecule has 0 aromatic carbocycles. The van der Waals surface area contributed by atoms with Crippen LogP contribution >= 0.6 is 11.3 Å². The van der Waals surface area contributed by atoms with E-state index in [2.05, 4.69) is 32.2 Å². The number of amides is 1. The molecule has 0 saturated carbocycles. The zero-order valence-corrected chi connectivity index (χ0v) is 17.8. The first-order valence-electron chi connectivity index (χ1n) is 10.0. The lowest BCUT2D eigenvalue weighted by Crippen LogP contribution is -2.34. The molecule has 0 bridgehead atoms. The van der Waals surface area contributed by atoms with Crippen LogP contribution in [-0.2, 0) is 4.79 Å². The van der Waals surface area contributed by atoms with Crippen LogP contribution in [0, 0.1) is 5.92 Å². The third-order valence-corrected chi connectivity index (χ3v) is 6.25. The number of hydrogen-bond donors (Lipinski definition) is 1. The van der Waals surface area contributed by atoms with Crippen molar-refractivity contribution in [3.63, 3.8) is 0 Å². The summed E-state index contributed by atoms with van der Waals surface area (Å²) in [6.45, 7) is 5.79. The lowest BCUT2D eigenvalue weighted by atomic mass is 9.99. The van der Waals surface area contributed by atoms with Gasteiger partial charge in [0.25, 0.3) is 5.56 Å². The maximum atomic E-state index is 12.8. The molecule has 3 aromatic rings. The summed E-state index contributed by atoms with van der Waals surface area (Å²) in [6.07, 6.45) is 3.70. The zero-order valence-electron chi connectivity index (χ0n) is 17.0. The topological polar surface area (TPSA) is 93.0 Å². The van der Waals surface area contributed by atoms with Crippen LogP contribution in [0.2, 0.25) is 0 Å². The van der Waals surface area contributed by atoms with Crippen molar-refractivity contribution in [2.75, 3.05) is 23.3 Å². The van der Waals surface area contributed by atoms with Gasteiger partial charge in [-0.3, -0.25) is 9.59 Å². The van der Waals surface area contributed by atoms with Crippen LogP contribution in [-0.4, -0.2) is 38.7 Å². The molecule has 1 amide bonds. The highest BCUT2D eigenvalue weighted by atomic mass is 32.1. The Morgan fingerprint density at radius 3 is 2.77 bits per heavy atom. The molecule has 3 aromatic heterocycles. The van der Waals surface area contributed by atoms with Crippen LogP contribution in [0.15, 0.2) is 46.8 Å². The molecule has 30 heavy (non-hydrogen) atoms. The Bertz CT molecular complexity index is 1070. The standard InChI is InChI=1S/C21H24N6O2S/c1-14-7-9-26(10-8-14)19-12-18(22-13-23-19)24-21(29)15(2)27-20(28)6-5-16(25-27)17-4-3-11-30-17/h3-6,11-15H,7-10H2,1-2H3,(H,22,23,24,29). The fourth-order valence-corrected chi connectivity index (χ4v) is 4.12. The average Bonchev–Trinajstić information content (AvgIpc) is 3.29. The second-order valence-electron chi connectivity index (χ2n) is 7.57. The molecule has 0 radical (unpaired) electrons. The van der Waals surface area contributed by atoms with Crippen LogP contribution in [0.4, 0.5) is 11.6 Å². The number of aromatic nitrogens is 4. The Balaban J connectivity index is 1.50. The van der Waals surface area contributed by atoms with Gasteiger partial charge in [-0.2, -0.15) is 5.10 Å². The lowest BCUT2D eigenvalue weighted by molar-refractivity contribution is -0.119. The summed E-state index contributed by atoms with van der Waals surface area (Å²) < 4.78 is 1.21. The first-order chi connectivity index (χ1) is 14.5. The largest absolute Gasteiger partial charge is 0.356 e. The predicted molar refractivity (Wildman–Crippen MR) is 118 cm³/mol. The van der Waals surface area contributed by atoms with Gasteiger partial charge in [-0.05, 0) is 43.2 Å². The number of nitrogens with zero attached hydrogens (tertiary/aromatic N) is 5. The van der Waals surface area contributed by atoms with Crippen LogP contribution in [0.5, 0.6) is 0 Å². The Kier molecular flexibility index (Phi) is 5.89. The summed E-state index contributed by atoms with van der Waals surface area (Å²) in [4.78, 5) is 36.8. The van der Waals surface area contributed by atoms with Gasteiger partial charge in [0, 0.05) is 25.2 Å². The quantitative estimate of drug-likeness (QED) is 0.676. The molecular formula is C21H24N6O2S. The van der Waals surface area contributed by atoms with Gasteiger partial charge in [-0.15, -0.1) is 11.3 Å². The van der Waals surface area contributed by atoms with Crippen LogP contribution in [0.3, 0.4) is 0 Å². The highest BCUT2D eigenvalue weighted by Gasteiger charge is 2.21. The van der Waals surface area contributed by atoms with E-state index in [9.17, 15) is 9.59 Å². The van der Waals surface area contributed by atoms with Gasteiger partial charge in [-0.1, -0.05) is 13.0 Å². The lowest BCUT2D eigenvalue weighted by Gasteiger charge is -2.31. The number of anilines is 2. The first-order valence-corrected chi connectivity index (χ1v) is 10.9. The van der Waals surface area contributed by atoms with Crippen LogP contribution in [0.1, 0.15) is 32.7 Å². The number of rotatable bonds is 5. The Hall–Kier alpha value is -3.07. The van der Waals surface area contributed by atoms with Gasteiger partial charge >= 0.3 is 0 Å². The van der Waals surface area contributed by atoms with Crippen molar-refractivity contribution in [1.29, 1.82) is 0 Å². The maximum Gasteiger partial charge on any atom is 0.267 e. The maximum absolute atomic E-state index is 12.8. The molecule has 156 valence electrons. The summed E-state index contributed by atoms with van der Waals surface area (Å²) in [5, 5.41) is 9.13. The predicted octanol–water partition coefficient (Wildman–Crippen LogP) is 3.20. The fourth-order valence-electron chi connectivity index (χ4n) is 3.43. The molecule has 9 heteroatoms. The number of piperidine rings is 1. The average molecular weight is 425 g/mol. The summed E-state index contributed by atoms with van der Waals surface area (Å²) in [7, 11) is 0. The van der Waals surface area contributed by atoms with Gasteiger partial charge in [0.15, 0.2) is 0 Å². The Labute approximate surface area is 178 Å². The summed E-state index contributed by atoms with van der Waals surface area (Å²) in [5.74, 6) is 1.58. The summed E-state index contributed by atoms with van der Waals surface area (Å²) in [6, 6.07) is 7.95. The van der Waals surface area contributed by atoms with Crippen LogP contribution < -0.4 is 15.8 Å². The molecule has 0 spiro atoms. The number of thiophene rings is 1. The minimum Gasteiger partial charge on any atom is -0.356 e. The number of carbonyl (C=O) groups excluding carboxylic acids is 1. The van der Waals surface area contributed by atoms with E-state index >= 15 is 0 Å². The molecule has 1 fully saturated rings. The van der Waals surface area contributed by atoms with Crippen molar-refractivity contribution >= 4 is 28.9 Å². The van der Waals surface area contributed by atoms with Crippen molar-refractivity contribution in [2.24, 2.45) is 5.92 Å². The molecule has 1 aliphatic rings. The normalized spacial score (nSPS) is 15.7. The molecule has 1 saturated heterocycles. The summed E-state index contributed by atoms with van der Waals surface area (Å²) >= 11 is 1.53. The summed E-state index contributed by atoms with van der Waals surface area (Å²) in [5.41, 5.74) is 0.330. The Morgan fingerprint density at radius 2 is 2.03 bits per heavy atom.